The van der Waals surface area contributed by atoms with E-state index in [1.165, 1.54) is 0 Å². The summed E-state index contributed by atoms with van der Waals surface area (Å²) < 4.78 is 0. The van der Waals surface area contributed by atoms with Crippen LogP contribution in [0.2, 0.25) is 0 Å². The smallest absolute Gasteiger partial charge is 0.244 e. The van der Waals surface area contributed by atoms with Crippen molar-refractivity contribution >= 4 is 28.9 Å². The van der Waals surface area contributed by atoms with Gasteiger partial charge in [0.15, 0.2) is 11.6 Å². The molecule has 0 aliphatic heterocycles. The second-order valence-electron chi connectivity index (χ2n) is 5.45. The molecular formula is C14H20O10. The zero-order valence-electron chi connectivity index (χ0n) is 13.5. The minimum atomic E-state index is -3.88. The minimum Gasteiger partial charge on any atom is -0.390 e. The largest absolute Gasteiger partial charge is 0.390 e. The molecule has 0 amide bonds. The summed E-state index contributed by atoms with van der Waals surface area (Å²) in [5.74, 6) is -9.07. The predicted molar refractivity (Wildman–Crippen MR) is 75.7 cm³/mol. The van der Waals surface area contributed by atoms with Crippen LogP contribution in [0.4, 0.5) is 0 Å². The highest BCUT2D eigenvalue weighted by Crippen LogP contribution is 2.30. The first kappa shape index (κ1) is 22.1. The third kappa shape index (κ3) is 3.32. The van der Waals surface area contributed by atoms with Crippen molar-refractivity contribution < 1.29 is 49.5 Å². The Balaban J connectivity index is 6.56. The number of ketones is 5. The van der Waals surface area contributed by atoms with Crippen molar-refractivity contribution in [3.05, 3.63) is 0 Å². The standard InChI is InChI=1S/C14H20O10/c1-5(15)9(19)11(21)13(23,7(3)17)14(24,8(4)18)12(22)10(20)6(2)16/h5-6,9,15-16,19,23-24H,1-4H3/t5?,6?,9?,13-,14-/m1/s1. The quantitative estimate of drug-likeness (QED) is 0.206. The summed E-state index contributed by atoms with van der Waals surface area (Å²) in [5, 5.41) is 48.7. The summed E-state index contributed by atoms with van der Waals surface area (Å²) in [6.07, 6.45) is -6.28. The van der Waals surface area contributed by atoms with Crippen molar-refractivity contribution in [1.82, 2.24) is 0 Å². The van der Waals surface area contributed by atoms with Crippen LogP contribution in [0.15, 0.2) is 0 Å². The number of hydrogen-bond donors (Lipinski definition) is 5. The molecule has 3 unspecified atom stereocenters. The Bertz CT molecular complexity index is 578. The molecule has 136 valence electrons. The molecule has 0 fully saturated rings. The monoisotopic (exact) mass is 348 g/mol. The molecule has 0 bridgehead atoms. The summed E-state index contributed by atoms with van der Waals surface area (Å²) >= 11 is 0. The van der Waals surface area contributed by atoms with Crippen LogP contribution >= 0.6 is 0 Å². The molecule has 0 aromatic heterocycles. The molecule has 10 heteroatoms. The Morgan fingerprint density at radius 1 is 0.792 bits per heavy atom. The number of rotatable bonds is 9. The highest BCUT2D eigenvalue weighted by molar-refractivity contribution is 6.48. The van der Waals surface area contributed by atoms with Gasteiger partial charge in [0.2, 0.25) is 28.6 Å². The van der Waals surface area contributed by atoms with Gasteiger partial charge in [-0.3, -0.25) is 24.0 Å². The molecule has 0 aliphatic rings. The Hall–Kier alpha value is -1.85. The van der Waals surface area contributed by atoms with Gasteiger partial charge in [-0.25, -0.2) is 0 Å². The number of carbonyl (C=O) groups excluding carboxylic acids is 5. The maximum absolute atomic E-state index is 12.2. The lowest BCUT2D eigenvalue weighted by Crippen LogP contribution is -2.74. The van der Waals surface area contributed by atoms with Gasteiger partial charge >= 0.3 is 0 Å². The van der Waals surface area contributed by atoms with Crippen LogP contribution in [0.1, 0.15) is 27.7 Å². The van der Waals surface area contributed by atoms with Gasteiger partial charge in [0.1, 0.15) is 12.2 Å². The van der Waals surface area contributed by atoms with Gasteiger partial charge in [-0.1, -0.05) is 0 Å². The van der Waals surface area contributed by atoms with Gasteiger partial charge in [-0.2, -0.15) is 0 Å². The molecule has 0 saturated carbocycles. The molecule has 0 aromatic rings. The number of hydrogen-bond acceptors (Lipinski definition) is 10. The van der Waals surface area contributed by atoms with Gasteiger partial charge in [0, 0.05) is 0 Å². The van der Waals surface area contributed by atoms with Crippen molar-refractivity contribution in [3.8, 4) is 0 Å². The summed E-state index contributed by atoms with van der Waals surface area (Å²) in [6, 6.07) is 0. The number of Topliss-reactive ketones (excluding diaryl/α,β-unsaturated/α-hetero) is 5. The van der Waals surface area contributed by atoms with E-state index in [0.29, 0.717) is 13.8 Å². The maximum Gasteiger partial charge on any atom is 0.244 e. The molecule has 0 aromatic carbocycles. The lowest BCUT2D eigenvalue weighted by Gasteiger charge is -2.38. The summed E-state index contributed by atoms with van der Waals surface area (Å²) in [4.78, 5) is 59.5. The second kappa shape index (κ2) is 7.36. The van der Waals surface area contributed by atoms with Gasteiger partial charge in [-0.15, -0.1) is 0 Å². The fourth-order valence-corrected chi connectivity index (χ4v) is 1.99. The summed E-state index contributed by atoms with van der Waals surface area (Å²) in [5.41, 5.74) is -7.71. The fraction of sp³-hybridized carbons (Fsp3) is 0.643. The Labute approximate surface area is 136 Å². The van der Waals surface area contributed by atoms with Gasteiger partial charge in [0.05, 0.1) is 6.10 Å². The molecular weight excluding hydrogens is 328 g/mol. The fourth-order valence-electron chi connectivity index (χ4n) is 1.99. The number of carbonyl (C=O) groups is 5. The Morgan fingerprint density at radius 2 is 1.17 bits per heavy atom. The van der Waals surface area contributed by atoms with Crippen LogP contribution in [-0.2, 0) is 24.0 Å². The second-order valence-corrected chi connectivity index (χ2v) is 5.45. The summed E-state index contributed by atoms with van der Waals surface area (Å²) in [7, 11) is 0. The normalized spacial score (nSPS) is 20.0. The van der Waals surface area contributed by atoms with Gasteiger partial charge < -0.3 is 25.5 Å². The average molecular weight is 348 g/mol. The van der Waals surface area contributed by atoms with Crippen molar-refractivity contribution in [2.75, 3.05) is 0 Å². The van der Waals surface area contributed by atoms with E-state index in [-0.39, 0.29) is 0 Å². The Morgan fingerprint density at radius 3 is 1.42 bits per heavy atom. The highest BCUT2D eigenvalue weighted by atomic mass is 16.4. The van der Waals surface area contributed by atoms with Crippen LogP contribution in [0, 0.1) is 0 Å². The topological polar surface area (TPSA) is 186 Å². The lowest BCUT2D eigenvalue weighted by atomic mass is 9.69. The zero-order valence-corrected chi connectivity index (χ0v) is 13.5. The maximum atomic E-state index is 12.2. The molecule has 0 radical (unpaired) electrons. The van der Waals surface area contributed by atoms with Crippen molar-refractivity contribution in [1.29, 1.82) is 0 Å². The third-order valence-corrected chi connectivity index (χ3v) is 3.56. The lowest BCUT2D eigenvalue weighted by molar-refractivity contribution is -0.195. The number of aliphatic hydroxyl groups is 5. The van der Waals surface area contributed by atoms with Crippen LogP contribution in [-0.4, -0.2) is 84.0 Å². The van der Waals surface area contributed by atoms with Crippen LogP contribution in [0.5, 0.6) is 0 Å². The first-order valence-corrected chi connectivity index (χ1v) is 6.81. The summed E-state index contributed by atoms with van der Waals surface area (Å²) in [6.45, 7) is 2.77. The van der Waals surface area contributed by atoms with E-state index in [4.69, 9.17) is 5.11 Å². The first-order chi connectivity index (χ1) is 10.7. The molecule has 10 nitrogen and oxygen atoms in total. The van der Waals surface area contributed by atoms with Crippen molar-refractivity contribution in [2.45, 2.75) is 57.2 Å². The van der Waals surface area contributed by atoms with Crippen molar-refractivity contribution in [3.63, 3.8) is 0 Å². The highest BCUT2D eigenvalue weighted by Gasteiger charge is 2.68. The molecule has 0 spiro atoms. The molecule has 0 saturated heterocycles. The Kier molecular flexibility index (Phi) is 6.80. The van der Waals surface area contributed by atoms with Gasteiger partial charge in [0.25, 0.3) is 0 Å². The predicted octanol–water partition coefficient (Wildman–Crippen LogP) is -3.54. The minimum absolute atomic E-state index is 0.517. The van der Waals surface area contributed by atoms with Crippen LogP contribution in [0.3, 0.4) is 0 Å². The molecule has 24 heavy (non-hydrogen) atoms. The SMILES string of the molecule is CC(=O)[C@@](O)(C(=O)C(=O)C(C)O)[C@@](O)(C(C)=O)C(=O)C(O)C(C)O. The van der Waals surface area contributed by atoms with E-state index in [0.717, 1.165) is 13.8 Å². The van der Waals surface area contributed by atoms with E-state index in [1.54, 1.807) is 0 Å². The molecule has 5 atom stereocenters. The van der Waals surface area contributed by atoms with Crippen molar-refractivity contribution in [2.24, 2.45) is 0 Å². The zero-order chi connectivity index (χ0) is 19.6. The molecule has 0 rings (SSSR count). The van der Waals surface area contributed by atoms with E-state index in [9.17, 15) is 44.4 Å². The van der Waals surface area contributed by atoms with Gasteiger partial charge in [-0.05, 0) is 27.7 Å². The van der Waals surface area contributed by atoms with E-state index in [1.807, 2.05) is 0 Å². The van der Waals surface area contributed by atoms with Crippen LogP contribution in [0.25, 0.3) is 0 Å². The third-order valence-electron chi connectivity index (χ3n) is 3.56. The molecule has 0 aliphatic carbocycles. The number of aliphatic hydroxyl groups excluding tert-OH is 3. The molecule has 0 heterocycles. The van der Waals surface area contributed by atoms with Crippen LogP contribution < -0.4 is 0 Å². The van der Waals surface area contributed by atoms with E-state index >= 15 is 0 Å². The van der Waals surface area contributed by atoms with E-state index < -0.39 is 58.4 Å². The van der Waals surface area contributed by atoms with E-state index in [2.05, 4.69) is 0 Å². The first-order valence-electron chi connectivity index (χ1n) is 6.81. The average Bonchev–Trinajstić information content (AvgIpc) is 2.49. The molecule has 5 N–H and O–H groups in total.